The third-order valence-electron chi connectivity index (χ3n) is 6.61. The Labute approximate surface area is 209 Å². The Bertz CT molecular complexity index is 1390. The Morgan fingerprint density at radius 3 is 2.57 bits per heavy atom. The van der Waals surface area contributed by atoms with Gasteiger partial charge in [-0.3, -0.25) is 19.3 Å². The van der Waals surface area contributed by atoms with Gasteiger partial charge in [-0.1, -0.05) is 41.9 Å². The second kappa shape index (κ2) is 8.64. The van der Waals surface area contributed by atoms with Gasteiger partial charge in [-0.2, -0.15) is 13.2 Å². The fourth-order valence-corrected chi connectivity index (χ4v) is 6.06. The van der Waals surface area contributed by atoms with Crippen molar-refractivity contribution in [3.05, 3.63) is 97.9 Å². The smallest absolute Gasteiger partial charge is 0.306 e. The Balaban J connectivity index is 1.80. The Morgan fingerprint density at radius 2 is 1.83 bits per heavy atom. The lowest BCUT2D eigenvalue weighted by molar-refractivity contribution is -0.173. The van der Waals surface area contributed by atoms with Gasteiger partial charge >= 0.3 is 6.18 Å². The molecule has 0 N–H and O–H groups in total. The zero-order valence-corrected chi connectivity index (χ0v) is 20.4. The van der Waals surface area contributed by atoms with Crippen LogP contribution in [-0.2, 0) is 5.75 Å². The lowest BCUT2D eigenvalue weighted by Gasteiger charge is -2.46. The molecule has 0 unspecified atom stereocenters. The molecule has 182 valence electrons. The molecule has 0 saturated carbocycles. The summed E-state index contributed by atoms with van der Waals surface area (Å²) in [6.07, 6.45) is -3.19. The van der Waals surface area contributed by atoms with Crippen molar-refractivity contribution >= 4 is 29.3 Å². The number of hydrogen-bond acceptors (Lipinski definition) is 4. The molecule has 3 heterocycles. The molecule has 0 radical (unpaired) electrons. The minimum Gasteiger partial charge on any atom is -0.306 e. The van der Waals surface area contributed by atoms with E-state index in [1.807, 2.05) is 36.4 Å². The fourth-order valence-electron chi connectivity index (χ4n) is 4.68. The zero-order chi connectivity index (χ0) is 25.1. The molecule has 10 heteroatoms. The molecule has 0 spiro atoms. The van der Waals surface area contributed by atoms with Gasteiger partial charge < -0.3 is 4.90 Å². The first-order valence-electron chi connectivity index (χ1n) is 11.0. The van der Waals surface area contributed by atoms with Crippen LogP contribution in [0.15, 0.2) is 64.4 Å². The van der Waals surface area contributed by atoms with Gasteiger partial charge in [-0.15, -0.1) is 11.8 Å². The summed E-state index contributed by atoms with van der Waals surface area (Å²) in [4.78, 5) is 27.5. The van der Waals surface area contributed by atoms with E-state index in [2.05, 4.69) is 0 Å². The SMILES string of the molecule is Cc1c2n(ccc1=O)N([C@@H]1c3ccccc3SCc3cccc(Cl)c31)CN([C@H](C)C(F)(F)F)C2=O. The van der Waals surface area contributed by atoms with Gasteiger partial charge in [-0.25, -0.2) is 0 Å². The van der Waals surface area contributed by atoms with E-state index in [-0.39, 0.29) is 17.9 Å². The number of aromatic nitrogens is 1. The number of halogens is 4. The van der Waals surface area contributed by atoms with Gasteiger partial charge in [0.15, 0.2) is 5.43 Å². The largest absolute Gasteiger partial charge is 0.408 e. The molecule has 3 aromatic rings. The van der Waals surface area contributed by atoms with Gasteiger partial charge in [0.1, 0.15) is 24.4 Å². The summed E-state index contributed by atoms with van der Waals surface area (Å²) in [5.41, 5.74) is 2.18. The molecule has 35 heavy (non-hydrogen) atoms. The standard InChI is InChI=1S/C25H21ClF3N3O2S/c1-14-19(33)10-11-31-22(14)24(34)30(15(2)25(27,28)29)13-32(31)23-17-7-3-4-9-20(17)35-12-16-6-5-8-18(26)21(16)23/h3-11,15,23H,12-13H2,1-2H3/t15-,23-/m1/s1. The Hall–Kier alpha value is -2.91. The van der Waals surface area contributed by atoms with Crippen LogP contribution in [0.25, 0.3) is 0 Å². The average molecular weight is 520 g/mol. The number of pyridine rings is 1. The molecule has 0 bridgehead atoms. The van der Waals surface area contributed by atoms with Crippen LogP contribution >= 0.6 is 23.4 Å². The first kappa shape index (κ1) is 23.8. The molecule has 2 aromatic carbocycles. The van der Waals surface area contributed by atoms with Crippen molar-refractivity contribution in [1.29, 1.82) is 0 Å². The monoisotopic (exact) mass is 519 g/mol. The highest BCUT2D eigenvalue weighted by molar-refractivity contribution is 7.98. The lowest BCUT2D eigenvalue weighted by atomic mass is 9.94. The van der Waals surface area contributed by atoms with Crippen molar-refractivity contribution in [3.63, 3.8) is 0 Å². The number of alkyl halides is 3. The number of nitrogens with zero attached hydrogens (tertiary/aromatic N) is 3. The highest BCUT2D eigenvalue weighted by atomic mass is 35.5. The molecule has 5 rings (SSSR count). The van der Waals surface area contributed by atoms with Crippen LogP contribution in [0.5, 0.6) is 0 Å². The predicted octanol–water partition coefficient (Wildman–Crippen LogP) is 5.51. The summed E-state index contributed by atoms with van der Waals surface area (Å²) in [7, 11) is 0. The summed E-state index contributed by atoms with van der Waals surface area (Å²) < 4.78 is 43.0. The van der Waals surface area contributed by atoms with Crippen LogP contribution in [0, 0.1) is 6.92 Å². The maximum Gasteiger partial charge on any atom is 0.408 e. The molecule has 0 fully saturated rings. The maximum atomic E-state index is 13.8. The number of carbonyl (C=O) groups is 1. The van der Waals surface area contributed by atoms with E-state index in [0.717, 1.165) is 33.4 Å². The summed E-state index contributed by atoms with van der Waals surface area (Å²) in [5, 5.41) is 2.18. The molecule has 1 aromatic heterocycles. The van der Waals surface area contributed by atoms with Crippen LogP contribution in [0.2, 0.25) is 5.02 Å². The summed E-state index contributed by atoms with van der Waals surface area (Å²) in [6.45, 7) is 2.08. The van der Waals surface area contributed by atoms with E-state index < -0.39 is 29.6 Å². The van der Waals surface area contributed by atoms with Crippen LogP contribution < -0.4 is 10.4 Å². The summed E-state index contributed by atoms with van der Waals surface area (Å²) in [6, 6.07) is 11.9. The van der Waals surface area contributed by atoms with E-state index >= 15 is 0 Å². The van der Waals surface area contributed by atoms with Crippen molar-refractivity contribution in [2.24, 2.45) is 0 Å². The highest BCUT2D eigenvalue weighted by Gasteiger charge is 2.47. The van der Waals surface area contributed by atoms with Crippen molar-refractivity contribution in [2.45, 2.75) is 42.8 Å². The van der Waals surface area contributed by atoms with Crippen LogP contribution in [0.1, 0.15) is 45.7 Å². The van der Waals surface area contributed by atoms with Gasteiger partial charge in [0.05, 0.1) is 0 Å². The van der Waals surface area contributed by atoms with Crippen molar-refractivity contribution in [1.82, 2.24) is 9.58 Å². The number of hydrogen-bond donors (Lipinski definition) is 0. The first-order valence-corrected chi connectivity index (χ1v) is 12.3. The van der Waals surface area contributed by atoms with Crippen LogP contribution in [0.3, 0.4) is 0 Å². The second-order valence-electron chi connectivity index (χ2n) is 8.61. The van der Waals surface area contributed by atoms with Gasteiger partial charge in [0.25, 0.3) is 5.91 Å². The fraction of sp³-hybridized carbons (Fsp3) is 0.280. The maximum absolute atomic E-state index is 13.8. The molecule has 2 aliphatic rings. The third-order valence-corrected chi connectivity index (χ3v) is 8.08. The van der Waals surface area contributed by atoms with E-state index in [0.29, 0.717) is 10.8 Å². The number of fused-ring (bicyclic) bond motifs is 3. The first-order chi connectivity index (χ1) is 16.6. The van der Waals surface area contributed by atoms with Crippen LogP contribution in [-0.4, -0.2) is 34.4 Å². The third kappa shape index (κ3) is 3.90. The summed E-state index contributed by atoms with van der Waals surface area (Å²) in [5.74, 6) is -0.202. The average Bonchev–Trinajstić information content (AvgIpc) is 2.98. The van der Waals surface area contributed by atoms with E-state index in [4.69, 9.17) is 11.6 Å². The molecule has 5 nitrogen and oxygen atoms in total. The van der Waals surface area contributed by atoms with Crippen molar-refractivity contribution < 1.29 is 18.0 Å². The summed E-state index contributed by atoms with van der Waals surface area (Å²) >= 11 is 8.35. The highest BCUT2D eigenvalue weighted by Crippen LogP contribution is 2.45. The molecule has 0 saturated heterocycles. The predicted molar refractivity (Wildman–Crippen MR) is 130 cm³/mol. The zero-order valence-electron chi connectivity index (χ0n) is 18.8. The van der Waals surface area contributed by atoms with Gasteiger partial charge in [-0.05, 0) is 37.1 Å². The van der Waals surface area contributed by atoms with E-state index in [9.17, 15) is 22.8 Å². The Kier molecular flexibility index (Phi) is 5.88. The number of benzene rings is 2. The quantitative estimate of drug-likeness (QED) is 0.448. The molecule has 2 atom stereocenters. The molecular weight excluding hydrogens is 499 g/mol. The topological polar surface area (TPSA) is 45.6 Å². The number of rotatable bonds is 2. The molecule has 0 aliphatic carbocycles. The van der Waals surface area contributed by atoms with Gasteiger partial charge in [0.2, 0.25) is 0 Å². The minimum atomic E-state index is -4.64. The lowest BCUT2D eigenvalue weighted by Crippen LogP contribution is -2.60. The van der Waals surface area contributed by atoms with Gasteiger partial charge in [0, 0.05) is 39.1 Å². The number of thioether (sulfide) groups is 1. The van der Waals surface area contributed by atoms with Crippen LogP contribution in [0.4, 0.5) is 13.2 Å². The van der Waals surface area contributed by atoms with Crippen molar-refractivity contribution in [2.75, 3.05) is 11.7 Å². The molecular formula is C25H21ClF3N3O2S. The number of amides is 1. The second-order valence-corrected chi connectivity index (χ2v) is 10.0. The normalized spacial score (nSPS) is 18.5. The van der Waals surface area contributed by atoms with E-state index in [1.165, 1.54) is 23.9 Å². The Morgan fingerprint density at radius 1 is 1.09 bits per heavy atom. The van der Waals surface area contributed by atoms with Crippen molar-refractivity contribution in [3.8, 4) is 0 Å². The van der Waals surface area contributed by atoms with E-state index in [1.54, 1.807) is 22.8 Å². The minimum absolute atomic E-state index is 0.0807. The number of carbonyl (C=O) groups excluding carboxylic acids is 1. The molecule has 2 aliphatic heterocycles. The molecule has 1 amide bonds.